The molecule has 1 unspecified atom stereocenters. The summed E-state index contributed by atoms with van der Waals surface area (Å²) in [6.45, 7) is 11.4. The quantitative estimate of drug-likeness (QED) is 0.473. The minimum Gasteiger partial charge on any atom is -0.492 e. The van der Waals surface area contributed by atoms with Gasteiger partial charge in [0, 0.05) is 38.9 Å². The standard InChI is InChI=1S/C19H34N4O2/c1-6-23(7-2)12-13-25-18-11-9-8-10-17(18)14-21-19(20-4)22-16(3)15-24-5/h8-11,16H,6-7,12-15H2,1-5H3,(H2,20,21,22). The molecule has 0 aliphatic heterocycles. The van der Waals surface area contributed by atoms with Crippen LogP contribution in [0.2, 0.25) is 0 Å². The largest absolute Gasteiger partial charge is 0.492 e. The summed E-state index contributed by atoms with van der Waals surface area (Å²) in [5.74, 6) is 1.67. The Labute approximate surface area is 152 Å². The molecule has 0 aromatic heterocycles. The Morgan fingerprint density at radius 2 is 1.96 bits per heavy atom. The van der Waals surface area contributed by atoms with Crippen LogP contribution in [0.3, 0.4) is 0 Å². The molecule has 0 bridgehead atoms. The fraction of sp³-hybridized carbons (Fsp3) is 0.632. The summed E-state index contributed by atoms with van der Waals surface area (Å²) in [6.07, 6.45) is 0. The van der Waals surface area contributed by atoms with Crippen LogP contribution in [0.4, 0.5) is 0 Å². The summed E-state index contributed by atoms with van der Waals surface area (Å²) in [6, 6.07) is 8.31. The average molecular weight is 351 g/mol. The van der Waals surface area contributed by atoms with E-state index in [-0.39, 0.29) is 6.04 Å². The fourth-order valence-corrected chi connectivity index (χ4v) is 2.51. The minimum absolute atomic E-state index is 0.191. The van der Waals surface area contributed by atoms with Gasteiger partial charge >= 0.3 is 0 Å². The molecule has 0 saturated heterocycles. The van der Waals surface area contributed by atoms with Crippen molar-refractivity contribution in [3.05, 3.63) is 29.8 Å². The van der Waals surface area contributed by atoms with Gasteiger partial charge in [-0.2, -0.15) is 0 Å². The Bertz CT molecular complexity index is 504. The van der Waals surface area contributed by atoms with Gasteiger partial charge in [0.25, 0.3) is 0 Å². The van der Waals surface area contributed by atoms with E-state index < -0.39 is 0 Å². The van der Waals surface area contributed by atoms with E-state index in [0.717, 1.165) is 36.9 Å². The number of para-hydroxylation sites is 1. The van der Waals surface area contributed by atoms with E-state index in [1.54, 1.807) is 14.2 Å². The molecule has 1 atom stereocenters. The number of aliphatic imine (C=N–C) groups is 1. The van der Waals surface area contributed by atoms with Gasteiger partial charge in [0.05, 0.1) is 6.61 Å². The smallest absolute Gasteiger partial charge is 0.191 e. The molecule has 6 heteroatoms. The van der Waals surface area contributed by atoms with Crippen molar-refractivity contribution in [2.24, 2.45) is 4.99 Å². The average Bonchev–Trinajstić information content (AvgIpc) is 2.63. The lowest BCUT2D eigenvalue weighted by atomic mass is 10.2. The van der Waals surface area contributed by atoms with E-state index >= 15 is 0 Å². The van der Waals surface area contributed by atoms with Gasteiger partial charge in [0.1, 0.15) is 12.4 Å². The maximum Gasteiger partial charge on any atom is 0.191 e. The molecular formula is C19H34N4O2. The molecule has 0 fully saturated rings. The van der Waals surface area contributed by atoms with Crippen LogP contribution in [0.15, 0.2) is 29.3 Å². The van der Waals surface area contributed by atoms with E-state index in [1.165, 1.54) is 0 Å². The second-order valence-corrected chi connectivity index (χ2v) is 5.91. The maximum absolute atomic E-state index is 5.99. The second kappa shape index (κ2) is 12.6. The molecule has 6 nitrogen and oxygen atoms in total. The van der Waals surface area contributed by atoms with Crippen LogP contribution in [0.1, 0.15) is 26.3 Å². The second-order valence-electron chi connectivity index (χ2n) is 5.91. The molecule has 0 aliphatic carbocycles. The van der Waals surface area contributed by atoms with Crippen LogP contribution in [0, 0.1) is 0 Å². The van der Waals surface area contributed by atoms with Crippen molar-refractivity contribution in [1.82, 2.24) is 15.5 Å². The number of hydrogen-bond acceptors (Lipinski definition) is 4. The maximum atomic E-state index is 5.99. The summed E-state index contributed by atoms with van der Waals surface area (Å²) in [7, 11) is 3.46. The first-order valence-electron chi connectivity index (χ1n) is 9.03. The SMILES string of the molecule is CCN(CC)CCOc1ccccc1CNC(=NC)NC(C)COC. The predicted molar refractivity (Wildman–Crippen MR) is 104 cm³/mol. The van der Waals surface area contributed by atoms with E-state index in [9.17, 15) is 0 Å². The fourth-order valence-electron chi connectivity index (χ4n) is 2.51. The molecule has 0 radical (unpaired) electrons. The van der Waals surface area contributed by atoms with Crippen molar-refractivity contribution in [2.45, 2.75) is 33.4 Å². The lowest BCUT2D eigenvalue weighted by molar-refractivity contribution is 0.179. The number of benzene rings is 1. The minimum atomic E-state index is 0.191. The number of rotatable bonds is 11. The molecule has 2 N–H and O–H groups in total. The number of nitrogens with zero attached hydrogens (tertiary/aromatic N) is 2. The highest BCUT2D eigenvalue weighted by Crippen LogP contribution is 2.17. The lowest BCUT2D eigenvalue weighted by Gasteiger charge is -2.20. The van der Waals surface area contributed by atoms with Gasteiger partial charge in [0.2, 0.25) is 0 Å². The molecule has 1 rings (SSSR count). The van der Waals surface area contributed by atoms with Crippen molar-refractivity contribution in [3.63, 3.8) is 0 Å². The van der Waals surface area contributed by atoms with Crippen LogP contribution in [-0.4, -0.2) is 63.9 Å². The first kappa shape index (κ1) is 21.3. The highest BCUT2D eigenvalue weighted by atomic mass is 16.5. The molecule has 142 valence electrons. The van der Waals surface area contributed by atoms with Crippen LogP contribution < -0.4 is 15.4 Å². The molecule has 1 aromatic rings. The Hall–Kier alpha value is -1.79. The topological polar surface area (TPSA) is 58.1 Å². The lowest BCUT2D eigenvalue weighted by Crippen LogP contribution is -2.43. The summed E-state index contributed by atoms with van der Waals surface area (Å²) in [5.41, 5.74) is 1.12. The highest BCUT2D eigenvalue weighted by Gasteiger charge is 2.08. The van der Waals surface area contributed by atoms with Crippen molar-refractivity contribution in [1.29, 1.82) is 0 Å². The number of ether oxygens (including phenoxy) is 2. The number of nitrogens with one attached hydrogen (secondary N) is 2. The van der Waals surface area contributed by atoms with Gasteiger partial charge in [0.15, 0.2) is 5.96 Å². The van der Waals surface area contributed by atoms with Crippen LogP contribution in [-0.2, 0) is 11.3 Å². The van der Waals surface area contributed by atoms with Crippen molar-refractivity contribution in [3.8, 4) is 5.75 Å². The Morgan fingerprint density at radius 1 is 1.24 bits per heavy atom. The van der Waals surface area contributed by atoms with Gasteiger partial charge in [-0.05, 0) is 26.1 Å². The summed E-state index contributed by atoms with van der Waals surface area (Å²) >= 11 is 0. The van der Waals surface area contributed by atoms with Crippen LogP contribution >= 0.6 is 0 Å². The van der Waals surface area contributed by atoms with Crippen LogP contribution in [0.25, 0.3) is 0 Å². The van der Waals surface area contributed by atoms with Crippen molar-refractivity contribution in [2.75, 3.05) is 47.0 Å². The molecule has 0 amide bonds. The van der Waals surface area contributed by atoms with Crippen molar-refractivity contribution < 1.29 is 9.47 Å². The molecular weight excluding hydrogens is 316 g/mol. The molecule has 0 heterocycles. The normalized spacial score (nSPS) is 13.0. The Morgan fingerprint density at radius 3 is 2.60 bits per heavy atom. The van der Waals surface area contributed by atoms with Crippen LogP contribution in [0.5, 0.6) is 5.75 Å². The summed E-state index contributed by atoms with van der Waals surface area (Å²) in [5, 5.41) is 6.63. The first-order chi connectivity index (χ1) is 12.1. The summed E-state index contributed by atoms with van der Waals surface area (Å²) < 4.78 is 11.1. The van der Waals surface area contributed by atoms with Gasteiger partial charge in [-0.1, -0.05) is 32.0 Å². The van der Waals surface area contributed by atoms with Gasteiger partial charge in [-0.3, -0.25) is 4.99 Å². The molecule has 0 spiro atoms. The Balaban J connectivity index is 2.55. The zero-order valence-electron chi connectivity index (χ0n) is 16.3. The monoisotopic (exact) mass is 350 g/mol. The number of hydrogen-bond donors (Lipinski definition) is 2. The van der Waals surface area contributed by atoms with E-state index in [4.69, 9.17) is 9.47 Å². The van der Waals surface area contributed by atoms with Gasteiger partial charge in [-0.25, -0.2) is 0 Å². The van der Waals surface area contributed by atoms with E-state index in [0.29, 0.717) is 19.8 Å². The molecule has 25 heavy (non-hydrogen) atoms. The number of guanidine groups is 1. The van der Waals surface area contributed by atoms with E-state index in [2.05, 4.69) is 47.4 Å². The Kier molecular flexibility index (Phi) is 10.7. The van der Waals surface area contributed by atoms with Gasteiger partial charge in [-0.15, -0.1) is 0 Å². The summed E-state index contributed by atoms with van der Waals surface area (Å²) in [4.78, 5) is 6.60. The zero-order chi connectivity index (χ0) is 18.5. The van der Waals surface area contributed by atoms with Crippen molar-refractivity contribution >= 4 is 5.96 Å². The molecule has 1 aromatic carbocycles. The third-order valence-corrected chi connectivity index (χ3v) is 4.00. The van der Waals surface area contributed by atoms with Gasteiger partial charge < -0.3 is 25.0 Å². The molecule has 0 aliphatic rings. The third-order valence-electron chi connectivity index (χ3n) is 4.00. The third kappa shape index (κ3) is 8.23. The predicted octanol–water partition coefficient (Wildman–Crippen LogP) is 2.11. The first-order valence-corrected chi connectivity index (χ1v) is 9.03. The zero-order valence-corrected chi connectivity index (χ0v) is 16.3. The molecule has 0 saturated carbocycles. The van der Waals surface area contributed by atoms with E-state index in [1.807, 2.05) is 18.2 Å². The highest BCUT2D eigenvalue weighted by molar-refractivity contribution is 5.80. The number of likely N-dealkylation sites (N-methyl/N-ethyl adjacent to an activating group) is 1. The number of methoxy groups -OCH3 is 1.